The maximum absolute atomic E-state index is 4.66. The van der Waals surface area contributed by atoms with Crippen LogP contribution >= 0.6 is 0 Å². The molecule has 3 heterocycles. The van der Waals surface area contributed by atoms with E-state index in [1.165, 1.54) is 57.3 Å². The Kier molecular flexibility index (Phi) is 5.75. The molecule has 0 bridgehead atoms. The third-order valence-electron chi connectivity index (χ3n) is 6.17. The second-order valence-corrected chi connectivity index (χ2v) is 8.30. The molecule has 3 rings (SSSR count). The van der Waals surface area contributed by atoms with Crippen molar-refractivity contribution in [1.82, 2.24) is 14.9 Å². The molecular weight excluding hydrogens is 296 g/mol. The first-order valence-electron chi connectivity index (χ1n) is 9.88. The highest BCUT2D eigenvalue weighted by Crippen LogP contribution is 2.27. The summed E-state index contributed by atoms with van der Waals surface area (Å²) in [6, 6.07) is 0. The van der Waals surface area contributed by atoms with E-state index in [-0.39, 0.29) is 5.41 Å². The summed E-state index contributed by atoms with van der Waals surface area (Å²) in [5, 5.41) is 0. The predicted octanol–water partition coefficient (Wildman–Crippen LogP) is 3.87. The Hall–Kier alpha value is -1.16. The Morgan fingerprint density at radius 2 is 1.62 bits per heavy atom. The smallest absolute Gasteiger partial charge is 0.225 e. The second kappa shape index (κ2) is 7.81. The van der Waals surface area contributed by atoms with Gasteiger partial charge in [0, 0.05) is 32.0 Å². The predicted molar refractivity (Wildman–Crippen MR) is 101 cm³/mol. The third kappa shape index (κ3) is 4.27. The molecule has 0 aliphatic carbocycles. The molecule has 0 amide bonds. The van der Waals surface area contributed by atoms with Gasteiger partial charge in [-0.05, 0) is 62.1 Å². The summed E-state index contributed by atoms with van der Waals surface area (Å²) in [6.45, 7) is 12.9. The fourth-order valence-electron chi connectivity index (χ4n) is 3.86. The first kappa shape index (κ1) is 17.7. The number of hydrogen-bond donors (Lipinski definition) is 0. The van der Waals surface area contributed by atoms with E-state index in [0.29, 0.717) is 0 Å². The van der Waals surface area contributed by atoms with Gasteiger partial charge in [0.05, 0.1) is 0 Å². The quantitative estimate of drug-likeness (QED) is 0.820. The van der Waals surface area contributed by atoms with Crippen LogP contribution in [-0.4, -0.2) is 47.6 Å². The van der Waals surface area contributed by atoms with Gasteiger partial charge < -0.3 is 9.80 Å². The molecule has 134 valence electrons. The van der Waals surface area contributed by atoms with Crippen LogP contribution in [0.1, 0.15) is 64.9 Å². The van der Waals surface area contributed by atoms with Crippen LogP contribution in [0, 0.1) is 5.92 Å². The van der Waals surface area contributed by atoms with E-state index in [1.54, 1.807) is 0 Å². The number of rotatable bonds is 5. The molecule has 2 aliphatic heterocycles. The number of anilines is 1. The molecule has 1 aromatic heterocycles. The third-order valence-corrected chi connectivity index (χ3v) is 6.17. The van der Waals surface area contributed by atoms with Gasteiger partial charge in [-0.15, -0.1) is 0 Å². The average Bonchev–Trinajstić information content (AvgIpc) is 2.63. The number of hydrogen-bond acceptors (Lipinski definition) is 4. The fraction of sp³-hybridized carbons (Fsp3) is 0.800. The van der Waals surface area contributed by atoms with Crippen molar-refractivity contribution < 1.29 is 0 Å². The summed E-state index contributed by atoms with van der Waals surface area (Å²) in [4.78, 5) is 14.4. The van der Waals surface area contributed by atoms with Gasteiger partial charge >= 0.3 is 0 Å². The molecule has 0 spiro atoms. The van der Waals surface area contributed by atoms with Crippen molar-refractivity contribution in [3.8, 4) is 0 Å². The van der Waals surface area contributed by atoms with Gasteiger partial charge in [0.2, 0.25) is 5.95 Å². The molecule has 2 saturated heterocycles. The summed E-state index contributed by atoms with van der Waals surface area (Å²) >= 11 is 0. The molecular formula is C20H34N4. The summed E-state index contributed by atoms with van der Waals surface area (Å²) in [7, 11) is 0. The van der Waals surface area contributed by atoms with Crippen LogP contribution in [-0.2, 0) is 5.41 Å². The number of aromatic nitrogens is 2. The minimum Gasteiger partial charge on any atom is -0.341 e. The van der Waals surface area contributed by atoms with Gasteiger partial charge in [-0.3, -0.25) is 0 Å². The van der Waals surface area contributed by atoms with E-state index < -0.39 is 0 Å². The number of nitrogens with zero attached hydrogens (tertiary/aromatic N) is 4. The minimum absolute atomic E-state index is 0.167. The zero-order valence-corrected chi connectivity index (χ0v) is 15.8. The van der Waals surface area contributed by atoms with Crippen molar-refractivity contribution in [2.75, 3.05) is 37.6 Å². The van der Waals surface area contributed by atoms with E-state index in [1.807, 2.05) is 12.4 Å². The Labute approximate surface area is 147 Å². The Morgan fingerprint density at radius 1 is 1.00 bits per heavy atom. The van der Waals surface area contributed by atoms with E-state index in [2.05, 4.69) is 40.5 Å². The highest BCUT2D eigenvalue weighted by molar-refractivity contribution is 5.32. The lowest BCUT2D eigenvalue weighted by atomic mass is 9.84. The average molecular weight is 331 g/mol. The fourth-order valence-corrected chi connectivity index (χ4v) is 3.86. The van der Waals surface area contributed by atoms with E-state index in [9.17, 15) is 0 Å². The highest BCUT2D eigenvalue weighted by atomic mass is 15.3. The molecule has 1 aromatic rings. The standard InChI is InChI=1S/C20H34N4/c1-4-20(2,3)18-14-21-19(22-15-18)24-12-8-17(9-13-24)16-23-10-6-5-7-11-23/h14-15,17H,4-13,16H2,1-3H3. The van der Waals surface area contributed by atoms with Gasteiger partial charge in [-0.1, -0.05) is 27.2 Å². The topological polar surface area (TPSA) is 32.3 Å². The molecule has 0 N–H and O–H groups in total. The maximum Gasteiger partial charge on any atom is 0.225 e. The van der Waals surface area contributed by atoms with Gasteiger partial charge in [-0.2, -0.15) is 0 Å². The zero-order chi connectivity index (χ0) is 17.0. The van der Waals surface area contributed by atoms with Gasteiger partial charge in [0.15, 0.2) is 0 Å². The maximum atomic E-state index is 4.66. The first-order chi connectivity index (χ1) is 11.6. The Morgan fingerprint density at radius 3 is 2.21 bits per heavy atom. The largest absolute Gasteiger partial charge is 0.341 e. The lowest BCUT2D eigenvalue weighted by molar-refractivity contribution is 0.181. The molecule has 24 heavy (non-hydrogen) atoms. The van der Waals surface area contributed by atoms with Crippen LogP contribution in [0.3, 0.4) is 0 Å². The monoisotopic (exact) mass is 330 g/mol. The van der Waals surface area contributed by atoms with Gasteiger partial charge in [0.1, 0.15) is 0 Å². The highest BCUT2D eigenvalue weighted by Gasteiger charge is 2.24. The molecule has 0 unspecified atom stereocenters. The zero-order valence-electron chi connectivity index (χ0n) is 15.8. The summed E-state index contributed by atoms with van der Waals surface area (Å²) in [5.41, 5.74) is 1.41. The van der Waals surface area contributed by atoms with Crippen molar-refractivity contribution in [3.05, 3.63) is 18.0 Å². The van der Waals surface area contributed by atoms with Crippen molar-refractivity contribution in [2.45, 2.75) is 64.7 Å². The number of piperidine rings is 2. The normalized spacial score (nSPS) is 21.2. The molecule has 4 nitrogen and oxygen atoms in total. The summed E-state index contributed by atoms with van der Waals surface area (Å²) in [6.07, 6.45) is 12.0. The van der Waals surface area contributed by atoms with Crippen LogP contribution < -0.4 is 4.90 Å². The molecule has 0 aromatic carbocycles. The van der Waals surface area contributed by atoms with Crippen LogP contribution in [0.5, 0.6) is 0 Å². The Bertz CT molecular complexity index is 497. The van der Waals surface area contributed by atoms with E-state index >= 15 is 0 Å². The van der Waals surface area contributed by atoms with E-state index in [4.69, 9.17) is 0 Å². The van der Waals surface area contributed by atoms with Gasteiger partial charge in [-0.25, -0.2) is 9.97 Å². The van der Waals surface area contributed by atoms with Crippen LogP contribution in [0.25, 0.3) is 0 Å². The molecule has 2 fully saturated rings. The van der Waals surface area contributed by atoms with Crippen LogP contribution in [0.4, 0.5) is 5.95 Å². The lowest BCUT2D eigenvalue weighted by Gasteiger charge is -2.36. The van der Waals surface area contributed by atoms with Crippen molar-refractivity contribution in [3.63, 3.8) is 0 Å². The van der Waals surface area contributed by atoms with Crippen molar-refractivity contribution >= 4 is 5.95 Å². The SMILES string of the molecule is CCC(C)(C)c1cnc(N2CCC(CN3CCCCC3)CC2)nc1. The van der Waals surface area contributed by atoms with Crippen LogP contribution in [0.2, 0.25) is 0 Å². The first-order valence-corrected chi connectivity index (χ1v) is 9.88. The van der Waals surface area contributed by atoms with Crippen LogP contribution in [0.15, 0.2) is 12.4 Å². The lowest BCUT2D eigenvalue weighted by Crippen LogP contribution is -2.41. The Balaban J connectivity index is 1.51. The molecule has 2 aliphatic rings. The van der Waals surface area contributed by atoms with Crippen molar-refractivity contribution in [1.29, 1.82) is 0 Å². The van der Waals surface area contributed by atoms with E-state index in [0.717, 1.165) is 31.4 Å². The summed E-state index contributed by atoms with van der Waals surface area (Å²) in [5.74, 6) is 1.78. The molecule has 0 atom stereocenters. The second-order valence-electron chi connectivity index (χ2n) is 8.30. The summed E-state index contributed by atoms with van der Waals surface area (Å²) < 4.78 is 0. The molecule has 0 radical (unpaired) electrons. The molecule has 4 heteroatoms. The molecule has 0 saturated carbocycles. The minimum atomic E-state index is 0.167. The van der Waals surface area contributed by atoms with Gasteiger partial charge in [0.25, 0.3) is 0 Å². The van der Waals surface area contributed by atoms with Crippen molar-refractivity contribution in [2.24, 2.45) is 5.92 Å². The number of likely N-dealkylation sites (tertiary alicyclic amines) is 1.